The Kier molecular flexibility index (Phi) is 4.14. The number of nitrogens with zero attached hydrogens (tertiary/aromatic N) is 4. The smallest absolute Gasteiger partial charge is 0.264 e. The lowest BCUT2D eigenvalue weighted by molar-refractivity contribution is 0.243. The predicted octanol–water partition coefficient (Wildman–Crippen LogP) is 4.02. The quantitative estimate of drug-likeness (QED) is 0.534. The van der Waals surface area contributed by atoms with E-state index in [-0.39, 0.29) is 6.61 Å². The summed E-state index contributed by atoms with van der Waals surface area (Å²) in [7, 11) is 0. The minimum Gasteiger partial charge on any atom is -0.484 e. The highest BCUT2D eigenvalue weighted by atomic mass is 35.5. The second-order valence-electron chi connectivity index (χ2n) is 5.08. The predicted molar refractivity (Wildman–Crippen MR) is 88.8 cm³/mol. The first-order chi connectivity index (χ1) is 12.3. The Morgan fingerprint density at radius 2 is 1.92 bits per heavy atom. The number of benzene rings is 2. The van der Waals surface area contributed by atoms with Gasteiger partial charge >= 0.3 is 0 Å². The van der Waals surface area contributed by atoms with Crippen LogP contribution in [0.1, 0.15) is 5.89 Å². The molecule has 4 rings (SSSR count). The van der Waals surface area contributed by atoms with Gasteiger partial charge in [-0.2, -0.15) is 4.98 Å². The van der Waals surface area contributed by atoms with Crippen LogP contribution in [0, 0.1) is 0 Å². The van der Waals surface area contributed by atoms with Crippen molar-refractivity contribution in [2.45, 2.75) is 6.61 Å². The summed E-state index contributed by atoms with van der Waals surface area (Å²) in [6.07, 6.45) is 1.28. The zero-order valence-corrected chi connectivity index (χ0v) is 13.6. The summed E-state index contributed by atoms with van der Waals surface area (Å²) < 4.78 is 16.0. The minimum absolute atomic E-state index is 0.160. The summed E-state index contributed by atoms with van der Waals surface area (Å²) in [5.74, 6) is 1.95. The van der Waals surface area contributed by atoms with Crippen molar-refractivity contribution < 1.29 is 13.7 Å². The average molecular weight is 355 g/mol. The number of rotatable bonds is 5. The molecule has 2 aromatic carbocycles. The molecule has 0 radical (unpaired) electrons. The molecule has 0 unspecified atom stereocenters. The third-order valence-corrected chi connectivity index (χ3v) is 3.61. The second kappa shape index (κ2) is 6.74. The lowest BCUT2D eigenvalue weighted by Gasteiger charge is -2.03. The van der Waals surface area contributed by atoms with E-state index in [0.29, 0.717) is 28.4 Å². The molecule has 7 nitrogen and oxygen atoms in total. The van der Waals surface area contributed by atoms with Crippen molar-refractivity contribution in [2.75, 3.05) is 0 Å². The fraction of sp³-hybridized carbons (Fsp3) is 0.0588. The molecule has 0 spiro atoms. The normalized spacial score (nSPS) is 10.8. The van der Waals surface area contributed by atoms with E-state index >= 15 is 0 Å². The van der Waals surface area contributed by atoms with Crippen molar-refractivity contribution in [2.24, 2.45) is 0 Å². The van der Waals surface area contributed by atoms with Crippen molar-refractivity contribution in [3.8, 4) is 28.6 Å². The highest BCUT2D eigenvalue weighted by Gasteiger charge is 2.10. The molecule has 4 aromatic rings. The first kappa shape index (κ1) is 15.3. The van der Waals surface area contributed by atoms with E-state index in [9.17, 15) is 0 Å². The lowest BCUT2D eigenvalue weighted by atomic mass is 10.2. The van der Waals surface area contributed by atoms with E-state index in [4.69, 9.17) is 25.3 Å². The Morgan fingerprint density at radius 1 is 1.04 bits per heavy atom. The fourth-order valence-corrected chi connectivity index (χ4v) is 2.39. The maximum absolute atomic E-state index is 5.97. The van der Waals surface area contributed by atoms with Crippen LogP contribution in [0.3, 0.4) is 0 Å². The van der Waals surface area contributed by atoms with Gasteiger partial charge in [0.05, 0.1) is 0 Å². The molecule has 0 N–H and O–H groups in total. The van der Waals surface area contributed by atoms with Crippen molar-refractivity contribution in [1.82, 2.24) is 20.3 Å². The minimum atomic E-state index is 0.160. The topological polar surface area (TPSA) is 87.1 Å². The molecule has 124 valence electrons. The maximum Gasteiger partial charge on any atom is 0.264 e. The van der Waals surface area contributed by atoms with Crippen LogP contribution in [-0.4, -0.2) is 20.3 Å². The number of halogens is 1. The van der Waals surface area contributed by atoms with Crippen LogP contribution >= 0.6 is 11.6 Å². The summed E-state index contributed by atoms with van der Waals surface area (Å²) in [6.45, 7) is 0.160. The van der Waals surface area contributed by atoms with Crippen LogP contribution in [0.4, 0.5) is 0 Å². The largest absolute Gasteiger partial charge is 0.484 e. The van der Waals surface area contributed by atoms with Gasteiger partial charge in [-0.15, -0.1) is 10.2 Å². The molecule has 8 heteroatoms. The van der Waals surface area contributed by atoms with E-state index in [1.54, 1.807) is 24.3 Å². The summed E-state index contributed by atoms with van der Waals surface area (Å²) in [5.41, 5.74) is 1.59. The zero-order valence-electron chi connectivity index (χ0n) is 12.8. The highest BCUT2D eigenvalue weighted by molar-refractivity contribution is 6.30. The van der Waals surface area contributed by atoms with Crippen LogP contribution in [0.15, 0.2) is 63.9 Å². The highest BCUT2D eigenvalue weighted by Crippen LogP contribution is 2.22. The summed E-state index contributed by atoms with van der Waals surface area (Å²) in [4.78, 5) is 4.30. The van der Waals surface area contributed by atoms with Gasteiger partial charge in [0.25, 0.3) is 5.89 Å². The van der Waals surface area contributed by atoms with Crippen LogP contribution in [0.2, 0.25) is 5.02 Å². The van der Waals surface area contributed by atoms with Gasteiger partial charge in [-0.3, -0.25) is 0 Å². The summed E-state index contributed by atoms with van der Waals surface area (Å²) >= 11 is 5.97. The third kappa shape index (κ3) is 3.51. The number of ether oxygens (including phenoxy) is 1. The SMILES string of the molecule is Clc1cccc(-c2noc(COc3ccc(-c4nnco4)cc3)n2)c1. The molecule has 0 aliphatic carbocycles. The lowest BCUT2D eigenvalue weighted by Crippen LogP contribution is -1.95. The van der Waals surface area contributed by atoms with Crippen molar-refractivity contribution in [1.29, 1.82) is 0 Å². The van der Waals surface area contributed by atoms with Gasteiger partial charge in [0, 0.05) is 16.1 Å². The Morgan fingerprint density at radius 3 is 2.68 bits per heavy atom. The van der Waals surface area contributed by atoms with Crippen LogP contribution < -0.4 is 4.74 Å². The van der Waals surface area contributed by atoms with Crippen LogP contribution in [0.25, 0.3) is 22.8 Å². The van der Waals surface area contributed by atoms with Gasteiger partial charge in [-0.05, 0) is 36.4 Å². The van der Waals surface area contributed by atoms with Crippen molar-refractivity contribution in [3.63, 3.8) is 0 Å². The molecule has 0 atom stereocenters. The van der Waals surface area contributed by atoms with Gasteiger partial charge in [0.15, 0.2) is 6.61 Å². The van der Waals surface area contributed by atoms with Gasteiger partial charge in [0.2, 0.25) is 18.1 Å². The molecule has 2 aromatic heterocycles. The van der Waals surface area contributed by atoms with E-state index in [1.807, 2.05) is 24.3 Å². The molecule has 0 fully saturated rings. The maximum atomic E-state index is 5.97. The molecule has 0 aliphatic rings. The molecular formula is C17H11ClN4O3. The van der Waals surface area contributed by atoms with Crippen molar-refractivity contribution >= 4 is 11.6 Å². The first-order valence-corrected chi connectivity index (χ1v) is 7.74. The second-order valence-corrected chi connectivity index (χ2v) is 5.52. The molecule has 25 heavy (non-hydrogen) atoms. The van der Waals surface area contributed by atoms with Gasteiger partial charge in [0.1, 0.15) is 5.75 Å². The van der Waals surface area contributed by atoms with Crippen LogP contribution in [-0.2, 0) is 6.61 Å². The zero-order chi connectivity index (χ0) is 17.1. The van der Waals surface area contributed by atoms with Crippen LogP contribution in [0.5, 0.6) is 5.75 Å². The molecule has 0 aliphatic heterocycles. The Balaban J connectivity index is 1.42. The molecule has 0 amide bonds. The number of hydrogen-bond acceptors (Lipinski definition) is 7. The summed E-state index contributed by atoms with van der Waals surface area (Å²) in [5, 5.41) is 12.0. The Hall–Kier alpha value is -3.19. The Bertz CT molecular complexity index is 968. The monoisotopic (exact) mass is 354 g/mol. The number of hydrogen-bond donors (Lipinski definition) is 0. The molecular weight excluding hydrogens is 344 g/mol. The van der Waals surface area contributed by atoms with E-state index in [2.05, 4.69) is 20.3 Å². The van der Waals surface area contributed by atoms with Gasteiger partial charge in [-0.25, -0.2) is 0 Å². The summed E-state index contributed by atoms with van der Waals surface area (Å²) in [6, 6.07) is 14.5. The van der Waals surface area contributed by atoms with Gasteiger partial charge < -0.3 is 13.7 Å². The van der Waals surface area contributed by atoms with Gasteiger partial charge in [-0.1, -0.05) is 28.9 Å². The molecule has 0 saturated carbocycles. The molecule has 2 heterocycles. The number of aromatic nitrogens is 4. The van der Waals surface area contributed by atoms with E-state index in [1.165, 1.54) is 6.39 Å². The van der Waals surface area contributed by atoms with E-state index in [0.717, 1.165) is 11.1 Å². The third-order valence-electron chi connectivity index (χ3n) is 3.37. The Labute approximate surface area is 147 Å². The van der Waals surface area contributed by atoms with E-state index < -0.39 is 0 Å². The molecule has 0 saturated heterocycles. The first-order valence-electron chi connectivity index (χ1n) is 7.36. The fourth-order valence-electron chi connectivity index (χ4n) is 2.20. The van der Waals surface area contributed by atoms with Crippen molar-refractivity contribution in [3.05, 3.63) is 65.8 Å². The average Bonchev–Trinajstić information content (AvgIpc) is 3.32. The molecule has 0 bridgehead atoms. The standard InChI is InChI=1S/C17H11ClN4O3/c18-13-3-1-2-12(8-13)16-20-15(25-22-16)9-23-14-6-4-11(5-7-14)17-21-19-10-24-17/h1-8,10H,9H2.